The monoisotopic (exact) mass is 368 g/mol. The molecule has 0 aliphatic carbocycles. The largest absolute Gasteiger partial charge is 0.339 e. The van der Waals surface area contributed by atoms with Crippen LogP contribution in [0.1, 0.15) is 48.4 Å². The molecule has 3 rings (SSSR count). The lowest BCUT2D eigenvalue weighted by molar-refractivity contribution is -0.137. The molecule has 0 atom stereocenters. The fourth-order valence-electron chi connectivity index (χ4n) is 3.57. The molecule has 0 unspecified atom stereocenters. The fraction of sp³-hybridized carbons (Fsp3) is 0.524. The van der Waals surface area contributed by atoms with Gasteiger partial charge in [0.1, 0.15) is 0 Å². The minimum absolute atomic E-state index is 0.00781. The summed E-state index contributed by atoms with van der Waals surface area (Å²) in [5, 5.41) is 0. The molecule has 27 heavy (non-hydrogen) atoms. The number of nitrogens with zero attached hydrogens (tertiary/aromatic N) is 4. The zero-order chi connectivity index (χ0) is 19.6. The van der Waals surface area contributed by atoms with E-state index in [4.69, 9.17) is 0 Å². The first-order valence-electron chi connectivity index (χ1n) is 9.77. The van der Waals surface area contributed by atoms with Gasteiger partial charge in [-0.1, -0.05) is 13.8 Å². The van der Waals surface area contributed by atoms with Gasteiger partial charge in [0.25, 0.3) is 5.91 Å². The van der Waals surface area contributed by atoms with Gasteiger partial charge < -0.3 is 9.80 Å². The number of fused-ring (bicyclic) bond motifs is 1. The summed E-state index contributed by atoms with van der Waals surface area (Å²) in [6.07, 6.45) is 1.73. The maximum atomic E-state index is 12.9. The third-order valence-corrected chi connectivity index (χ3v) is 5.54. The number of benzene rings is 1. The van der Waals surface area contributed by atoms with Gasteiger partial charge in [-0.05, 0) is 44.9 Å². The summed E-state index contributed by atoms with van der Waals surface area (Å²) in [5.74, 6) is 0.309. The highest BCUT2D eigenvalue weighted by molar-refractivity contribution is 5.97. The quantitative estimate of drug-likeness (QED) is 0.832. The Morgan fingerprint density at radius 2 is 1.48 bits per heavy atom. The number of amides is 2. The number of rotatable bonds is 4. The summed E-state index contributed by atoms with van der Waals surface area (Å²) in [6, 6.07) is 5.49. The van der Waals surface area contributed by atoms with Crippen LogP contribution in [0.4, 0.5) is 0 Å². The Morgan fingerprint density at radius 3 is 2.07 bits per heavy atom. The molecular weight excluding hydrogens is 340 g/mol. The van der Waals surface area contributed by atoms with Crippen molar-refractivity contribution < 1.29 is 9.59 Å². The van der Waals surface area contributed by atoms with Gasteiger partial charge in [-0.25, -0.2) is 9.97 Å². The van der Waals surface area contributed by atoms with Crippen LogP contribution in [-0.2, 0) is 4.79 Å². The van der Waals surface area contributed by atoms with Crippen molar-refractivity contribution in [2.45, 2.75) is 40.5 Å². The molecule has 6 heteroatoms. The summed E-state index contributed by atoms with van der Waals surface area (Å²) in [7, 11) is 0. The SMILES string of the molecule is CCC(CC)C(=O)N1CCN(C(=O)c2ccc3nc(C)c(C)nc3c2)CC1. The normalized spacial score (nSPS) is 14.9. The standard InChI is InChI=1S/C21H28N4O2/c1-5-16(6-2)20(26)24-9-11-25(12-10-24)21(27)17-7-8-18-19(13-17)23-15(4)14(3)22-18/h7-8,13,16H,5-6,9-12H2,1-4H3. The van der Waals surface area contributed by atoms with Crippen LogP contribution in [0.15, 0.2) is 18.2 Å². The van der Waals surface area contributed by atoms with E-state index in [0.29, 0.717) is 31.7 Å². The van der Waals surface area contributed by atoms with Gasteiger partial charge in [-0.15, -0.1) is 0 Å². The summed E-state index contributed by atoms with van der Waals surface area (Å²) in [6.45, 7) is 10.3. The molecule has 2 amide bonds. The summed E-state index contributed by atoms with van der Waals surface area (Å²) in [5.41, 5.74) is 3.95. The van der Waals surface area contributed by atoms with E-state index in [1.165, 1.54) is 0 Å². The second-order valence-corrected chi connectivity index (χ2v) is 7.23. The molecule has 1 fully saturated rings. The van der Waals surface area contributed by atoms with E-state index < -0.39 is 0 Å². The number of carbonyl (C=O) groups excluding carboxylic acids is 2. The van der Waals surface area contributed by atoms with Crippen molar-refractivity contribution in [3.05, 3.63) is 35.2 Å². The van der Waals surface area contributed by atoms with Crippen LogP contribution < -0.4 is 0 Å². The molecule has 0 spiro atoms. The predicted octanol–water partition coefficient (Wildman–Crippen LogP) is 2.97. The lowest BCUT2D eigenvalue weighted by atomic mass is 10.0. The third-order valence-electron chi connectivity index (χ3n) is 5.54. The number of aryl methyl sites for hydroxylation is 2. The smallest absolute Gasteiger partial charge is 0.254 e. The van der Waals surface area contributed by atoms with Crippen molar-refractivity contribution in [2.24, 2.45) is 5.92 Å². The molecule has 6 nitrogen and oxygen atoms in total. The van der Waals surface area contributed by atoms with Crippen molar-refractivity contribution in [1.82, 2.24) is 19.8 Å². The molecule has 1 aromatic heterocycles. The lowest BCUT2D eigenvalue weighted by Gasteiger charge is -2.36. The zero-order valence-electron chi connectivity index (χ0n) is 16.7. The zero-order valence-corrected chi connectivity index (χ0v) is 16.7. The van der Waals surface area contributed by atoms with E-state index in [2.05, 4.69) is 23.8 Å². The van der Waals surface area contributed by atoms with Crippen LogP contribution in [0.25, 0.3) is 11.0 Å². The molecule has 2 aromatic rings. The molecule has 2 heterocycles. The Hall–Kier alpha value is -2.50. The van der Waals surface area contributed by atoms with Crippen molar-refractivity contribution in [1.29, 1.82) is 0 Å². The summed E-state index contributed by atoms with van der Waals surface area (Å²) < 4.78 is 0. The topological polar surface area (TPSA) is 66.4 Å². The summed E-state index contributed by atoms with van der Waals surface area (Å²) >= 11 is 0. The average Bonchev–Trinajstić information content (AvgIpc) is 2.69. The third kappa shape index (κ3) is 3.94. The second-order valence-electron chi connectivity index (χ2n) is 7.23. The molecule has 1 aliphatic heterocycles. The van der Waals surface area contributed by atoms with Crippen LogP contribution in [-0.4, -0.2) is 57.8 Å². The number of aromatic nitrogens is 2. The Balaban J connectivity index is 1.70. The molecule has 0 N–H and O–H groups in total. The molecule has 0 bridgehead atoms. The number of hydrogen-bond acceptors (Lipinski definition) is 4. The van der Waals surface area contributed by atoms with Gasteiger partial charge in [-0.2, -0.15) is 0 Å². The summed E-state index contributed by atoms with van der Waals surface area (Å²) in [4.78, 5) is 38.2. The van der Waals surface area contributed by atoms with Gasteiger partial charge in [0.15, 0.2) is 0 Å². The molecule has 1 aliphatic rings. The Labute approximate surface area is 160 Å². The van der Waals surface area contributed by atoms with E-state index in [1.807, 2.05) is 41.8 Å². The van der Waals surface area contributed by atoms with Crippen LogP contribution in [0.5, 0.6) is 0 Å². The van der Waals surface area contributed by atoms with Crippen molar-refractivity contribution in [3.63, 3.8) is 0 Å². The molecular formula is C21H28N4O2. The van der Waals surface area contributed by atoms with E-state index >= 15 is 0 Å². The van der Waals surface area contributed by atoms with Crippen molar-refractivity contribution in [2.75, 3.05) is 26.2 Å². The second kappa shape index (κ2) is 8.03. The van der Waals surface area contributed by atoms with E-state index in [9.17, 15) is 9.59 Å². The Morgan fingerprint density at radius 1 is 0.926 bits per heavy atom. The first-order chi connectivity index (χ1) is 12.9. The molecule has 1 saturated heterocycles. The van der Waals surface area contributed by atoms with Crippen LogP contribution in [0.2, 0.25) is 0 Å². The van der Waals surface area contributed by atoms with Gasteiger partial charge in [0.2, 0.25) is 5.91 Å². The van der Waals surface area contributed by atoms with Crippen LogP contribution in [0.3, 0.4) is 0 Å². The maximum absolute atomic E-state index is 12.9. The highest BCUT2D eigenvalue weighted by atomic mass is 16.2. The van der Waals surface area contributed by atoms with Gasteiger partial charge >= 0.3 is 0 Å². The Kier molecular flexibility index (Phi) is 5.73. The van der Waals surface area contributed by atoms with Crippen molar-refractivity contribution >= 4 is 22.8 Å². The van der Waals surface area contributed by atoms with Crippen LogP contribution >= 0.6 is 0 Å². The first kappa shape index (κ1) is 19.3. The van der Waals surface area contributed by atoms with E-state index in [-0.39, 0.29) is 17.7 Å². The molecule has 0 saturated carbocycles. The molecule has 1 aromatic carbocycles. The number of hydrogen-bond donors (Lipinski definition) is 0. The lowest BCUT2D eigenvalue weighted by Crippen LogP contribution is -2.51. The van der Waals surface area contributed by atoms with E-state index in [0.717, 1.165) is 35.3 Å². The highest BCUT2D eigenvalue weighted by Crippen LogP contribution is 2.18. The fourth-order valence-corrected chi connectivity index (χ4v) is 3.57. The Bertz CT molecular complexity index is 853. The highest BCUT2D eigenvalue weighted by Gasteiger charge is 2.27. The van der Waals surface area contributed by atoms with Gasteiger partial charge in [-0.3, -0.25) is 9.59 Å². The molecule has 0 radical (unpaired) electrons. The maximum Gasteiger partial charge on any atom is 0.254 e. The minimum atomic E-state index is -0.00781. The van der Waals surface area contributed by atoms with Crippen LogP contribution in [0, 0.1) is 19.8 Å². The van der Waals surface area contributed by atoms with E-state index in [1.54, 1.807) is 0 Å². The van der Waals surface area contributed by atoms with Gasteiger partial charge in [0.05, 0.1) is 22.4 Å². The number of carbonyl (C=O) groups is 2. The number of piperazine rings is 1. The average molecular weight is 368 g/mol. The predicted molar refractivity (Wildman–Crippen MR) is 106 cm³/mol. The van der Waals surface area contributed by atoms with Crippen molar-refractivity contribution in [3.8, 4) is 0 Å². The first-order valence-corrected chi connectivity index (χ1v) is 9.77. The molecule has 144 valence electrons. The van der Waals surface area contributed by atoms with Gasteiger partial charge in [0, 0.05) is 37.7 Å². The minimum Gasteiger partial charge on any atom is -0.339 e.